The van der Waals surface area contributed by atoms with Gasteiger partial charge in [0.05, 0.1) is 11.7 Å². The zero-order valence-electron chi connectivity index (χ0n) is 10.5. The van der Waals surface area contributed by atoms with Crippen molar-refractivity contribution in [3.63, 3.8) is 0 Å². The Balaban J connectivity index is 2.30. The summed E-state index contributed by atoms with van der Waals surface area (Å²) in [5, 5.41) is 9.64. The van der Waals surface area contributed by atoms with E-state index in [1.807, 2.05) is 4.90 Å². The Kier molecular flexibility index (Phi) is 4.01. The largest absolute Gasteiger partial charge is 0.416 e. The van der Waals surface area contributed by atoms with E-state index < -0.39 is 17.8 Å². The topological polar surface area (TPSA) is 49.5 Å². The molecule has 6 heteroatoms. The number of piperidine rings is 1. The Labute approximate surface area is 109 Å². The molecular weight excluding hydrogens is 257 g/mol. The van der Waals surface area contributed by atoms with E-state index in [4.69, 9.17) is 5.73 Å². The van der Waals surface area contributed by atoms with Crippen molar-refractivity contribution in [3.8, 4) is 0 Å². The van der Waals surface area contributed by atoms with Gasteiger partial charge in [0, 0.05) is 25.3 Å². The summed E-state index contributed by atoms with van der Waals surface area (Å²) in [5.41, 5.74) is 6.01. The van der Waals surface area contributed by atoms with Gasteiger partial charge in [-0.05, 0) is 36.6 Å². The lowest BCUT2D eigenvalue weighted by atomic mass is 10.0. The van der Waals surface area contributed by atoms with E-state index in [1.54, 1.807) is 0 Å². The summed E-state index contributed by atoms with van der Waals surface area (Å²) in [7, 11) is 0. The maximum absolute atomic E-state index is 12.6. The molecule has 1 fully saturated rings. The van der Waals surface area contributed by atoms with E-state index in [2.05, 4.69) is 0 Å². The fourth-order valence-electron chi connectivity index (χ4n) is 2.41. The van der Waals surface area contributed by atoms with Crippen LogP contribution in [0.15, 0.2) is 18.2 Å². The number of β-amino-alcohol motifs (C(OH)–C–C–N with tert-alkyl or cyclic N) is 1. The van der Waals surface area contributed by atoms with Crippen molar-refractivity contribution in [3.05, 3.63) is 29.3 Å². The molecule has 0 radical (unpaired) electrons. The second-order valence-electron chi connectivity index (χ2n) is 4.79. The third-order valence-corrected chi connectivity index (χ3v) is 3.36. The molecule has 1 unspecified atom stereocenters. The molecule has 1 atom stereocenters. The van der Waals surface area contributed by atoms with Crippen LogP contribution < -0.4 is 10.6 Å². The summed E-state index contributed by atoms with van der Waals surface area (Å²) in [4.78, 5) is 1.90. The summed E-state index contributed by atoms with van der Waals surface area (Å²) in [6, 6.07) is 3.61. The Morgan fingerprint density at radius 1 is 1.37 bits per heavy atom. The van der Waals surface area contributed by atoms with Crippen LogP contribution in [0.25, 0.3) is 0 Å². The van der Waals surface area contributed by atoms with E-state index >= 15 is 0 Å². The molecule has 0 aliphatic carbocycles. The zero-order valence-corrected chi connectivity index (χ0v) is 10.5. The molecule has 106 valence electrons. The van der Waals surface area contributed by atoms with Crippen molar-refractivity contribution in [2.24, 2.45) is 5.73 Å². The minimum Gasteiger partial charge on any atom is -0.391 e. The number of nitrogens with two attached hydrogens (primary N) is 1. The van der Waals surface area contributed by atoms with Crippen molar-refractivity contribution in [1.82, 2.24) is 0 Å². The summed E-state index contributed by atoms with van der Waals surface area (Å²) in [5.74, 6) is 0. The molecule has 1 aliphatic rings. The summed E-state index contributed by atoms with van der Waals surface area (Å²) >= 11 is 0. The molecule has 0 bridgehead atoms. The first-order valence-electron chi connectivity index (χ1n) is 6.25. The zero-order chi connectivity index (χ0) is 14.0. The van der Waals surface area contributed by atoms with E-state index in [-0.39, 0.29) is 6.54 Å². The van der Waals surface area contributed by atoms with Gasteiger partial charge in [-0.15, -0.1) is 0 Å². The summed E-state index contributed by atoms with van der Waals surface area (Å²) in [6.45, 7) is 1.22. The first-order chi connectivity index (χ1) is 8.91. The fourth-order valence-corrected chi connectivity index (χ4v) is 2.41. The van der Waals surface area contributed by atoms with Gasteiger partial charge in [0.1, 0.15) is 0 Å². The van der Waals surface area contributed by atoms with E-state index in [0.29, 0.717) is 17.8 Å². The lowest BCUT2D eigenvalue weighted by Gasteiger charge is -2.33. The fraction of sp³-hybridized carbons (Fsp3) is 0.538. The molecule has 0 spiro atoms. The molecule has 19 heavy (non-hydrogen) atoms. The van der Waals surface area contributed by atoms with Gasteiger partial charge in [0.15, 0.2) is 0 Å². The van der Waals surface area contributed by atoms with Gasteiger partial charge >= 0.3 is 6.18 Å². The van der Waals surface area contributed by atoms with Crippen LogP contribution in [-0.4, -0.2) is 24.3 Å². The number of benzene rings is 1. The Morgan fingerprint density at radius 2 is 2.11 bits per heavy atom. The average molecular weight is 274 g/mol. The van der Waals surface area contributed by atoms with Gasteiger partial charge in [-0.3, -0.25) is 0 Å². The van der Waals surface area contributed by atoms with Gasteiger partial charge in [-0.25, -0.2) is 0 Å². The molecule has 1 aromatic rings. The number of aliphatic hydroxyl groups excluding tert-OH is 1. The molecule has 3 nitrogen and oxygen atoms in total. The van der Waals surface area contributed by atoms with Crippen molar-refractivity contribution in [2.45, 2.75) is 31.7 Å². The van der Waals surface area contributed by atoms with Crippen LogP contribution in [0.2, 0.25) is 0 Å². The predicted octanol–water partition coefficient (Wildman–Crippen LogP) is 2.13. The lowest BCUT2D eigenvalue weighted by molar-refractivity contribution is -0.137. The molecule has 0 saturated carbocycles. The average Bonchev–Trinajstić information content (AvgIpc) is 2.37. The number of alkyl halides is 3. The van der Waals surface area contributed by atoms with Crippen LogP contribution in [0.3, 0.4) is 0 Å². The predicted molar refractivity (Wildman–Crippen MR) is 66.8 cm³/mol. The SMILES string of the molecule is NCc1cc(C(F)(F)F)ccc1N1CCCC(O)C1. The highest BCUT2D eigenvalue weighted by Gasteiger charge is 2.31. The molecule has 0 aromatic heterocycles. The van der Waals surface area contributed by atoms with Gasteiger partial charge in [-0.2, -0.15) is 13.2 Å². The monoisotopic (exact) mass is 274 g/mol. The third-order valence-electron chi connectivity index (χ3n) is 3.36. The van der Waals surface area contributed by atoms with Gasteiger partial charge in [-0.1, -0.05) is 0 Å². The normalized spacial score (nSPS) is 20.7. The number of rotatable bonds is 2. The lowest BCUT2D eigenvalue weighted by Crippen LogP contribution is -2.38. The van der Waals surface area contributed by atoms with Crippen LogP contribution in [0.4, 0.5) is 18.9 Å². The second-order valence-corrected chi connectivity index (χ2v) is 4.79. The molecule has 1 aliphatic heterocycles. The smallest absolute Gasteiger partial charge is 0.391 e. The summed E-state index contributed by atoms with van der Waals surface area (Å²) < 4.78 is 37.9. The number of nitrogens with zero attached hydrogens (tertiary/aromatic N) is 1. The standard InChI is InChI=1S/C13H17F3N2O/c14-13(15,16)10-3-4-12(9(6-10)7-17)18-5-1-2-11(19)8-18/h3-4,6,11,19H,1-2,5,7-8,17H2. The second kappa shape index (κ2) is 5.38. The van der Waals surface area contributed by atoms with E-state index in [0.717, 1.165) is 31.5 Å². The molecule has 2 rings (SSSR count). The van der Waals surface area contributed by atoms with Crippen molar-refractivity contribution in [1.29, 1.82) is 0 Å². The highest BCUT2D eigenvalue weighted by atomic mass is 19.4. The van der Waals surface area contributed by atoms with E-state index in [9.17, 15) is 18.3 Å². The molecular formula is C13H17F3N2O. The van der Waals surface area contributed by atoms with Crippen LogP contribution in [0.5, 0.6) is 0 Å². The van der Waals surface area contributed by atoms with Crippen molar-refractivity contribution < 1.29 is 18.3 Å². The van der Waals surface area contributed by atoms with Crippen LogP contribution in [0, 0.1) is 0 Å². The maximum Gasteiger partial charge on any atom is 0.416 e. The number of anilines is 1. The molecule has 1 saturated heterocycles. The number of aliphatic hydroxyl groups is 1. The minimum atomic E-state index is -4.36. The molecule has 0 amide bonds. The maximum atomic E-state index is 12.6. The van der Waals surface area contributed by atoms with Gasteiger partial charge in [0.25, 0.3) is 0 Å². The highest BCUT2D eigenvalue weighted by molar-refractivity contribution is 5.56. The quantitative estimate of drug-likeness (QED) is 0.868. The number of hydrogen-bond acceptors (Lipinski definition) is 3. The van der Waals surface area contributed by atoms with Crippen LogP contribution in [-0.2, 0) is 12.7 Å². The highest BCUT2D eigenvalue weighted by Crippen LogP contribution is 2.33. The number of halogens is 3. The van der Waals surface area contributed by atoms with Crippen LogP contribution >= 0.6 is 0 Å². The third kappa shape index (κ3) is 3.19. The minimum absolute atomic E-state index is 0.0475. The molecule has 3 N–H and O–H groups in total. The Bertz CT molecular complexity index is 448. The van der Waals surface area contributed by atoms with Gasteiger partial charge < -0.3 is 15.7 Å². The van der Waals surface area contributed by atoms with E-state index in [1.165, 1.54) is 6.07 Å². The number of hydrogen-bond donors (Lipinski definition) is 2. The first-order valence-corrected chi connectivity index (χ1v) is 6.25. The molecule has 1 heterocycles. The van der Waals surface area contributed by atoms with Crippen molar-refractivity contribution >= 4 is 5.69 Å². The Morgan fingerprint density at radius 3 is 2.68 bits per heavy atom. The Hall–Kier alpha value is -1.27. The summed E-state index contributed by atoms with van der Waals surface area (Å²) in [6.07, 6.45) is -3.23. The van der Waals surface area contributed by atoms with Crippen LogP contribution in [0.1, 0.15) is 24.0 Å². The van der Waals surface area contributed by atoms with Gasteiger partial charge in [0.2, 0.25) is 0 Å². The van der Waals surface area contributed by atoms with Crippen molar-refractivity contribution in [2.75, 3.05) is 18.0 Å². The molecule has 1 aromatic carbocycles. The first kappa shape index (κ1) is 14.1.